The molecule has 0 saturated heterocycles. The van der Waals surface area contributed by atoms with Gasteiger partial charge in [-0.25, -0.2) is 0 Å². The van der Waals surface area contributed by atoms with Gasteiger partial charge >= 0.3 is 0 Å². The Morgan fingerprint density at radius 3 is 2.75 bits per heavy atom. The molecule has 1 rings (SSSR count). The number of nitrogens with one attached hydrogen (secondary N) is 1. The minimum absolute atomic E-state index is 0.396. The summed E-state index contributed by atoms with van der Waals surface area (Å²) in [6.07, 6.45) is 2.68. The van der Waals surface area contributed by atoms with Crippen molar-refractivity contribution in [1.29, 1.82) is 0 Å². The van der Waals surface area contributed by atoms with E-state index in [1.807, 2.05) is 0 Å². The molecule has 0 aromatic carbocycles. The van der Waals surface area contributed by atoms with Gasteiger partial charge in [0.25, 0.3) is 0 Å². The maximum atomic E-state index is 5.71. The molecule has 0 spiro atoms. The van der Waals surface area contributed by atoms with Gasteiger partial charge in [0.05, 0.1) is 0 Å². The molecule has 1 aliphatic carbocycles. The molecule has 2 atom stereocenters. The molecule has 1 fully saturated rings. The standard InChI is InChI=1S/C5H13N2P/c6-5(3-7-8)4-1-2-4/h4-5,7H,1-3,6,8H2/t5-/m0/s1. The average Bonchev–Trinajstić information content (AvgIpc) is 2.45. The summed E-state index contributed by atoms with van der Waals surface area (Å²) >= 11 is 0. The molecule has 0 bridgehead atoms. The van der Waals surface area contributed by atoms with Crippen LogP contribution < -0.4 is 10.8 Å². The lowest BCUT2D eigenvalue weighted by Crippen LogP contribution is -2.31. The monoisotopic (exact) mass is 132 g/mol. The predicted octanol–water partition coefficient (Wildman–Crippen LogP) is 0.103. The quantitative estimate of drug-likeness (QED) is 0.534. The van der Waals surface area contributed by atoms with E-state index in [1.54, 1.807) is 0 Å². The fourth-order valence-corrected chi connectivity index (χ4v) is 1.10. The lowest BCUT2D eigenvalue weighted by Gasteiger charge is -2.06. The van der Waals surface area contributed by atoms with Gasteiger partial charge in [0, 0.05) is 12.6 Å². The normalized spacial score (nSPS) is 23.2. The third kappa shape index (κ3) is 1.70. The summed E-state index contributed by atoms with van der Waals surface area (Å²) in [5.41, 5.74) is 5.71. The van der Waals surface area contributed by atoms with Crippen LogP contribution in [0.15, 0.2) is 0 Å². The highest BCUT2D eigenvalue weighted by atomic mass is 31.0. The SMILES string of the molecule is N[C@@H](CNP)C1CC1. The van der Waals surface area contributed by atoms with Gasteiger partial charge in [0.1, 0.15) is 0 Å². The van der Waals surface area contributed by atoms with Crippen LogP contribution >= 0.6 is 9.39 Å². The van der Waals surface area contributed by atoms with Gasteiger partial charge in [0.2, 0.25) is 0 Å². The van der Waals surface area contributed by atoms with E-state index in [0.29, 0.717) is 6.04 Å². The minimum atomic E-state index is 0.396. The smallest absolute Gasteiger partial charge is 0.0197 e. The summed E-state index contributed by atoms with van der Waals surface area (Å²) in [6.45, 7) is 0.940. The van der Waals surface area contributed by atoms with E-state index in [2.05, 4.69) is 14.5 Å². The minimum Gasteiger partial charge on any atom is -0.326 e. The van der Waals surface area contributed by atoms with Crippen LogP contribution in [0.3, 0.4) is 0 Å². The first-order chi connectivity index (χ1) is 3.84. The Morgan fingerprint density at radius 2 is 2.38 bits per heavy atom. The predicted molar refractivity (Wildman–Crippen MR) is 38.4 cm³/mol. The molecule has 1 aliphatic rings. The Bertz CT molecular complexity index is 72.8. The zero-order valence-corrected chi connectivity index (χ0v) is 6.09. The molecule has 2 nitrogen and oxygen atoms in total. The number of hydrogen-bond acceptors (Lipinski definition) is 2. The first-order valence-electron chi connectivity index (χ1n) is 3.03. The van der Waals surface area contributed by atoms with Crippen LogP contribution in [-0.4, -0.2) is 12.6 Å². The Balaban J connectivity index is 2.03. The zero-order valence-electron chi connectivity index (χ0n) is 4.93. The third-order valence-electron chi connectivity index (χ3n) is 1.58. The molecule has 0 aromatic heterocycles. The second kappa shape index (κ2) is 2.77. The fraction of sp³-hybridized carbons (Fsp3) is 1.00. The highest BCUT2D eigenvalue weighted by molar-refractivity contribution is 7.13. The van der Waals surface area contributed by atoms with Crippen LogP contribution in [-0.2, 0) is 0 Å². The largest absolute Gasteiger partial charge is 0.326 e. The summed E-state index contributed by atoms with van der Waals surface area (Å²) < 4.78 is 0. The molecule has 1 unspecified atom stereocenters. The Labute approximate surface area is 52.5 Å². The summed E-state index contributed by atoms with van der Waals surface area (Å²) in [5.74, 6) is 0.822. The molecule has 0 aromatic rings. The van der Waals surface area contributed by atoms with Crippen molar-refractivity contribution in [3.63, 3.8) is 0 Å². The van der Waals surface area contributed by atoms with E-state index in [0.717, 1.165) is 12.5 Å². The van der Waals surface area contributed by atoms with E-state index in [9.17, 15) is 0 Å². The van der Waals surface area contributed by atoms with E-state index in [1.165, 1.54) is 12.8 Å². The summed E-state index contributed by atoms with van der Waals surface area (Å²) in [5, 5.41) is 2.98. The van der Waals surface area contributed by atoms with Crippen LogP contribution in [0, 0.1) is 5.92 Å². The number of nitrogens with two attached hydrogens (primary N) is 1. The van der Waals surface area contributed by atoms with Gasteiger partial charge in [-0.2, -0.15) is 0 Å². The van der Waals surface area contributed by atoms with Crippen molar-refractivity contribution in [3.8, 4) is 0 Å². The summed E-state index contributed by atoms with van der Waals surface area (Å²) in [6, 6.07) is 0.396. The first-order valence-corrected chi connectivity index (χ1v) is 3.61. The second-order valence-corrected chi connectivity index (χ2v) is 2.82. The molecule has 0 aliphatic heterocycles. The van der Waals surface area contributed by atoms with Crippen LogP contribution in [0.2, 0.25) is 0 Å². The van der Waals surface area contributed by atoms with E-state index < -0.39 is 0 Å². The zero-order chi connectivity index (χ0) is 5.98. The topological polar surface area (TPSA) is 38.0 Å². The van der Waals surface area contributed by atoms with Gasteiger partial charge in [-0.15, -0.1) is 0 Å². The van der Waals surface area contributed by atoms with Crippen LogP contribution in [0.4, 0.5) is 0 Å². The van der Waals surface area contributed by atoms with Crippen molar-refractivity contribution in [3.05, 3.63) is 0 Å². The van der Waals surface area contributed by atoms with E-state index >= 15 is 0 Å². The first kappa shape index (κ1) is 6.47. The van der Waals surface area contributed by atoms with Crippen LogP contribution in [0.25, 0.3) is 0 Å². The molecule has 0 amide bonds. The lowest BCUT2D eigenvalue weighted by atomic mass is 10.2. The Kier molecular flexibility index (Phi) is 2.24. The molecule has 0 heterocycles. The number of rotatable bonds is 3. The van der Waals surface area contributed by atoms with Crippen molar-refractivity contribution < 1.29 is 0 Å². The van der Waals surface area contributed by atoms with Crippen molar-refractivity contribution >= 4 is 9.39 Å². The highest BCUT2D eigenvalue weighted by Gasteiger charge is 2.27. The van der Waals surface area contributed by atoms with Crippen molar-refractivity contribution in [2.24, 2.45) is 11.7 Å². The molecule has 3 heteroatoms. The lowest BCUT2D eigenvalue weighted by molar-refractivity contribution is 0.589. The van der Waals surface area contributed by atoms with Gasteiger partial charge in [0.15, 0.2) is 0 Å². The van der Waals surface area contributed by atoms with Gasteiger partial charge in [-0.3, -0.25) is 5.09 Å². The Hall–Kier alpha value is 0.350. The molecule has 1 saturated carbocycles. The fourth-order valence-electron chi connectivity index (χ4n) is 0.827. The highest BCUT2D eigenvalue weighted by Crippen LogP contribution is 2.31. The molecular formula is C5H13N2P. The molecule has 8 heavy (non-hydrogen) atoms. The molecule has 48 valence electrons. The van der Waals surface area contributed by atoms with Crippen molar-refractivity contribution in [1.82, 2.24) is 5.09 Å². The maximum absolute atomic E-state index is 5.71. The van der Waals surface area contributed by atoms with E-state index in [-0.39, 0.29) is 0 Å². The second-order valence-electron chi connectivity index (χ2n) is 2.41. The van der Waals surface area contributed by atoms with Crippen LogP contribution in [0.5, 0.6) is 0 Å². The van der Waals surface area contributed by atoms with Gasteiger partial charge < -0.3 is 5.73 Å². The van der Waals surface area contributed by atoms with Crippen LogP contribution in [0.1, 0.15) is 12.8 Å². The van der Waals surface area contributed by atoms with E-state index in [4.69, 9.17) is 5.73 Å². The average molecular weight is 132 g/mol. The van der Waals surface area contributed by atoms with Gasteiger partial charge in [-0.05, 0) is 18.8 Å². The summed E-state index contributed by atoms with van der Waals surface area (Å²) in [7, 11) is 2.47. The molecule has 0 radical (unpaired) electrons. The third-order valence-corrected chi connectivity index (χ3v) is 1.82. The summed E-state index contributed by atoms with van der Waals surface area (Å²) in [4.78, 5) is 0. The maximum Gasteiger partial charge on any atom is 0.0197 e. The van der Waals surface area contributed by atoms with Gasteiger partial charge in [-0.1, -0.05) is 9.39 Å². The van der Waals surface area contributed by atoms with Crippen molar-refractivity contribution in [2.45, 2.75) is 18.9 Å². The number of hydrogen-bond donors (Lipinski definition) is 2. The molecular weight excluding hydrogens is 119 g/mol. The van der Waals surface area contributed by atoms with Crippen molar-refractivity contribution in [2.75, 3.05) is 6.54 Å². The molecule has 3 N–H and O–H groups in total. The Morgan fingerprint density at radius 1 is 1.75 bits per heavy atom.